The SMILES string of the molecule is Cc1cccc(-n2ccn(CC(C)C)c(=O)c2=O)c1C. The highest BCUT2D eigenvalue weighted by molar-refractivity contribution is 5.44. The second kappa shape index (κ2) is 5.49. The van der Waals surface area contributed by atoms with Crippen LogP contribution in [0.5, 0.6) is 0 Å². The standard InChI is InChI=1S/C16H20N2O2/c1-11(2)10-17-8-9-18(16(20)15(17)19)14-7-5-6-12(3)13(14)4/h5-9,11H,10H2,1-4H3. The zero-order valence-corrected chi connectivity index (χ0v) is 12.4. The van der Waals surface area contributed by atoms with Crippen molar-refractivity contribution in [2.45, 2.75) is 34.2 Å². The molecule has 0 unspecified atom stereocenters. The van der Waals surface area contributed by atoms with Gasteiger partial charge in [-0.3, -0.25) is 14.2 Å². The molecule has 0 fully saturated rings. The van der Waals surface area contributed by atoms with Gasteiger partial charge in [0.05, 0.1) is 5.69 Å². The first-order valence-electron chi connectivity index (χ1n) is 6.80. The van der Waals surface area contributed by atoms with E-state index >= 15 is 0 Å². The van der Waals surface area contributed by atoms with E-state index in [-0.39, 0.29) is 0 Å². The fourth-order valence-electron chi connectivity index (χ4n) is 2.23. The second-order valence-electron chi connectivity index (χ2n) is 5.54. The molecule has 0 radical (unpaired) electrons. The monoisotopic (exact) mass is 272 g/mol. The van der Waals surface area contributed by atoms with Crippen LogP contribution in [0.4, 0.5) is 0 Å². The van der Waals surface area contributed by atoms with Crippen molar-refractivity contribution in [2.75, 3.05) is 0 Å². The first kappa shape index (κ1) is 14.3. The lowest BCUT2D eigenvalue weighted by Crippen LogP contribution is -2.40. The van der Waals surface area contributed by atoms with Gasteiger partial charge < -0.3 is 4.57 Å². The molecule has 0 bridgehead atoms. The molecule has 0 aliphatic rings. The van der Waals surface area contributed by atoms with Gasteiger partial charge in [0, 0.05) is 18.9 Å². The third-order valence-electron chi connectivity index (χ3n) is 3.46. The van der Waals surface area contributed by atoms with Crippen LogP contribution in [0.15, 0.2) is 40.2 Å². The zero-order valence-electron chi connectivity index (χ0n) is 12.4. The van der Waals surface area contributed by atoms with Crippen LogP contribution in [0.2, 0.25) is 0 Å². The van der Waals surface area contributed by atoms with Crippen LogP contribution in [0.3, 0.4) is 0 Å². The number of hydrogen-bond donors (Lipinski definition) is 0. The van der Waals surface area contributed by atoms with Gasteiger partial charge in [0.15, 0.2) is 0 Å². The highest BCUT2D eigenvalue weighted by atomic mass is 16.2. The van der Waals surface area contributed by atoms with Crippen molar-refractivity contribution >= 4 is 0 Å². The Labute approximate surface area is 118 Å². The van der Waals surface area contributed by atoms with Crippen molar-refractivity contribution < 1.29 is 0 Å². The van der Waals surface area contributed by atoms with Crippen LogP contribution in [-0.2, 0) is 6.54 Å². The van der Waals surface area contributed by atoms with Gasteiger partial charge in [0.2, 0.25) is 0 Å². The fraction of sp³-hybridized carbons (Fsp3) is 0.375. The molecule has 0 amide bonds. The lowest BCUT2D eigenvalue weighted by molar-refractivity contribution is 0.504. The Bertz CT molecular complexity index is 739. The Morgan fingerprint density at radius 3 is 2.40 bits per heavy atom. The van der Waals surface area contributed by atoms with Crippen LogP contribution in [0.25, 0.3) is 5.69 Å². The van der Waals surface area contributed by atoms with E-state index < -0.39 is 11.1 Å². The van der Waals surface area contributed by atoms with Gasteiger partial charge in [0.25, 0.3) is 0 Å². The number of nitrogens with zero attached hydrogens (tertiary/aromatic N) is 2. The maximum absolute atomic E-state index is 12.3. The molecule has 0 aliphatic carbocycles. The maximum Gasteiger partial charge on any atom is 0.320 e. The van der Waals surface area contributed by atoms with E-state index in [1.807, 2.05) is 45.9 Å². The summed E-state index contributed by atoms with van der Waals surface area (Å²) in [6.07, 6.45) is 3.36. The van der Waals surface area contributed by atoms with Gasteiger partial charge in [-0.2, -0.15) is 0 Å². The summed E-state index contributed by atoms with van der Waals surface area (Å²) in [7, 11) is 0. The summed E-state index contributed by atoms with van der Waals surface area (Å²) in [6, 6.07) is 5.74. The number of rotatable bonds is 3. The Kier molecular flexibility index (Phi) is 3.93. The van der Waals surface area contributed by atoms with E-state index in [1.54, 1.807) is 12.4 Å². The molecule has 20 heavy (non-hydrogen) atoms. The molecule has 0 saturated heterocycles. The molecule has 1 heterocycles. The average Bonchev–Trinajstić information content (AvgIpc) is 2.39. The molecule has 0 aliphatic heterocycles. The van der Waals surface area contributed by atoms with Gasteiger partial charge in [-0.05, 0) is 37.0 Å². The first-order valence-corrected chi connectivity index (χ1v) is 6.80. The summed E-state index contributed by atoms with van der Waals surface area (Å²) in [5, 5.41) is 0. The number of hydrogen-bond acceptors (Lipinski definition) is 2. The minimum Gasteiger partial charge on any atom is -0.309 e. The van der Waals surface area contributed by atoms with Gasteiger partial charge in [-0.1, -0.05) is 26.0 Å². The van der Waals surface area contributed by atoms with Gasteiger partial charge in [0.1, 0.15) is 0 Å². The first-order chi connectivity index (χ1) is 9.41. The second-order valence-corrected chi connectivity index (χ2v) is 5.54. The summed E-state index contributed by atoms with van der Waals surface area (Å²) in [5.74, 6) is 0.323. The lowest BCUT2D eigenvalue weighted by Gasteiger charge is -2.13. The molecule has 106 valence electrons. The third kappa shape index (κ3) is 2.59. The Morgan fingerprint density at radius 1 is 1.05 bits per heavy atom. The van der Waals surface area contributed by atoms with Gasteiger partial charge >= 0.3 is 11.1 Å². The molecule has 0 saturated carbocycles. The largest absolute Gasteiger partial charge is 0.320 e. The van der Waals surface area contributed by atoms with Crippen molar-refractivity contribution in [3.8, 4) is 5.69 Å². The minimum atomic E-state index is -0.498. The molecule has 0 spiro atoms. The summed E-state index contributed by atoms with van der Waals surface area (Å²) in [5.41, 5.74) is 1.91. The molecule has 2 rings (SSSR count). The van der Waals surface area contributed by atoms with Crippen LogP contribution >= 0.6 is 0 Å². The topological polar surface area (TPSA) is 44.0 Å². The predicted molar refractivity (Wildman–Crippen MR) is 80.6 cm³/mol. The molecule has 0 N–H and O–H groups in total. The van der Waals surface area contributed by atoms with Gasteiger partial charge in [-0.15, -0.1) is 0 Å². The van der Waals surface area contributed by atoms with Crippen LogP contribution in [-0.4, -0.2) is 9.13 Å². The Hall–Kier alpha value is -2.10. The number of benzene rings is 1. The summed E-state index contributed by atoms with van der Waals surface area (Å²) < 4.78 is 2.91. The highest BCUT2D eigenvalue weighted by Gasteiger charge is 2.10. The van der Waals surface area contributed by atoms with Gasteiger partial charge in [-0.25, -0.2) is 0 Å². The summed E-state index contributed by atoms with van der Waals surface area (Å²) in [4.78, 5) is 24.4. The molecular weight excluding hydrogens is 252 g/mol. The Morgan fingerprint density at radius 2 is 1.75 bits per heavy atom. The lowest BCUT2D eigenvalue weighted by atomic mass is 10.1. The normalized spacial score (nSPS) is 11.1. The van der Waals surface area contributed by atoms with E-state index in [0.29, 0.717) is 12.5 Å². The van der Waals surface area contributed by atoms with E-state index in [4.69, 9.17) is 0 Å². The molecule has 1 aromatic heterocycles. The molecule has 2 aromatic rings. The van der Waals surface area contributed by atoms with Crippen LogP contribution in [0, 0.1) is 19.8 Å². The summed E-state index contributed by atoms with van der Waals surface area (Å²) in [6.45, 7) is 8.54. The Balaban J connectivity index is 2.61. The third-order valence-corrected chi connectivity index (χ3v) is 3.46. The molecular formula is C16H20N2O2. The quantitative estimate of drug-likeness (QED) is 0.805. The predicted octanol–water partition coefficient (Wildman–Crippen LogP) is 2.27. The zero-order chi connectivity index (χ0) is 14.9. The summed E-state index contributed by atoms with van der Waals surface area (Å²) >= 11 is 0. The minimum absolute atomic E-state index is 0.323. The number of aromatic nitrogens is 2. The molecule has 4 nitrogen and oxygen atoms in total. The van der Waals surface area contributed by atoms with Crippen molar-refractivity contribution in [3.63, 3.8) is 0 Å². The van der Waals surface area contributed by atoms with Crippen molar-refractivity contribution in [1.82, 2.24) is 9.13 Å². The van der Waals surface area contributed by atoms with Crippen LogP contribution in [0.1, 0.15) is 25.0 Å². The molecule has 0 atom stereocenters. The average molecular weight is 272 g/mol. The van der Waals surface area contributed by atoms with Crippen molar-refractivity contribution in [3.05, 3.63) is 62.4 Å². The number of aryl methyl sites for hydroxylation is 1. The fourth-order valence-corrected chi connectivity index (χ4v) is 2.23. The van der Waals surface area contributed by atoms with Crippen molar-refractivity contribution in [1.29, 1.82) is 0 Å². The van der Waals surface area contributed by atoms with E-state index in [0.717, 1.165) is 16.8 Å². The maximum atomic E-state index is 12.3. The van der Waals surface area contributed by atoms with Crippen LogP contribution < -0.4 is 11.1 Å². The molecule has 4 heteroatoms. The molecule has 1 aromatic carbocycles. The van der Waals surface area contributed by atoms with Crippen molar-refractivity contribution in [2.24, 2.45) is 5.92 Å². The van der Waals surface area contributed by atoms with E-state index in [2.05, 4.69) is 0 Å². The van der Waals surface area contributed by atoms with E-state index in [9.17, 15) is 9.59 Å². The highest BCUT2D eigenvalue weighted by Crippen LogP contribution is 2.15. The smallest absolute Gasteiger partial charge is 0.309 e. The van der Waals surface area contributed by atoms with E-state index in [1.165, 1.54) is 9.13 Å².